The molecule has 13 heteroatoms. The zero-order valence-corrected chi connectivity index (χ0v) is 23.7. The van der Waals surface area contributed by atoms with Crippen LogP contribution in [0.5, 0.6) is 0 Å². The zero-order chi connectivity index (χ0) is 29.2. The first-order chi connectivity index (χ1) is 19.9. The second-order valence-corrected chi connectivity index (χ2v) is 9.98. The van der Waals surface area contributed by atoms with E-state index in [9.17, 15) is 14.9 Å². The SMILES string of the molecule is CCCCc1nc(Cl)c(COC(=O)CCCC(C)O[N+](=O)[O-])n1Cc1ccc(-c2ccccc2-c2nn[nH]n2)cc1. The third kappa shape index (κ3) is 8.10. The van der Waals surface area contributed by atoms with Crippen LogP contribution in [0.25, 0.3) is 22.5 Å². The number of aromatic nitrogens is 6. The Bertz CT molecular complexity index is 1440. The second-order valence-electron chi connectivity index (χ2n) is 9.63. The summed E-state index contributed by atoms with van der Waals surface area (Å²) in [6.45, 7) is 4.19. The van der Waals surface area contributed by atoms with Crippen molar-refractivity contribution in [2.75, 3.05) is 0 Å². The van der Waals surface area contributed by atoms with Gasteiger partial charge in [-0.1, -0.05) is 73.5 Å². The summed E-state index contributed by atoms with van der Waals surface area (Å²) >= 11 is 6.52. The van der Waals surface area contributed by atoms with E-state index in [4.69, 9.17) is 16.3 Å². The lowest BCUT2D eigenvalue weighted by Gasteiger charge is -2.14. The zero-order valence-electron chi connectivity index (χ0n) is 23.0. The number of unbranched alkanes of at least 4 members (excludes halogenated alkanes) is 1. The standard InChI is InChI=1S/C28H32ClN7O5/c1-3-4-11-25-30-27(29)24(18-40-26(37)12-7-8-19(2)41-36(38)39)35(25)17-20-13-15-21(16-14-20)22-9-5-6-10-23(22)28-31-33-34-32-28/h5-6,9-10,13-16,19H,3-4,7-8,11-12,17-18H2,1-2H3,(H,31,32,33,34). The Morgan fingerprint density at radius 2 is 1.90 bits per heavy atom. The number of benzene rings is 2. The van der Waals surface area contributed by atoms with Crippen molar-refractivity contribution in [3.63, 3.8) is 0 Å². The fraction of sp³-hybridized carbons (Fsp3) is 0.393. The molecule has 0 fully saturated rings. The first-order valence-corrected chi connectivity index (χ1v) is 13.9. The van der Waals surface area contributed by atoms with Gasteiger partial charge in [-0.25, -0.2) is 4.98 Å². The Morgan fingerprint density at radius 1 is 1.15 bits per heavy atom. The lowest BCUT2D eigenvalue weighted by molar-refractivity contribution is -0.767. The molecular weight excluding hydrogens is 550 g/mol. The number of H-pyrrole nitrogens is 1. The van der Waals surface area contributed by atoms with Gasteiger partial charge in [0.25, 0.3) is 5.09 Å². The number of hydrogen-bond donors (Lipinski definition) is 1. The van der Waals surface area contributed by atoms with E-state index in [2.05, 4.69) is 37.4 Å². The molecule has 0 spiro atoms. The molecule has 1 unspecified atom stereocenters. The van der Waals surface area contributed by atoms with Crippen LogP contribution in [0.2, 0.25) is 5.15 Å². The molecular formula is C28H32ClN7O5. The molecule has 2 aromatic carbocycles. The predicted molar refractivity (Wildman–Crippen MR) is 151 cm³/mol. The number of carbonyl (C=O) groups is 1. The largest absolute Gasteiger partial charge is 0.459 e. The lowest BCUT2D eigenvalue weighted by atomic mass is 9.98. The molecule has 0 saturated heterocycles. The quantitative estimate of drug-likeness (QED) is 0.108. The van der Waals surface area contributed by atoms with E-state index in [0.717, 1.165) is 47.3 Å². The third-order valence-electron chi connectivity index (χ3n) is 6.60. The van der Waals surface area contributed by atoms with Gasteiger partial charge in [-0.05, 0) is 48.1 Å². The minimum Gasteiger partial charge on any atom is -0.459 e. The maximum atomic E-state index is 12.4. The highest BCUT2D eigenvalue weighted by Gasteiger charge is 2.19. The minimum atomic E-state index is -0.828. The molecule has 0 saturated carbocycles. The number of ether oxygens (including phenoxy) is 1. The summed E-state index contributed by atoms with van der Waals surface area (Å²) in [5.41, 5.74) is 4.53. The van der Waals surface area contributed by atoms with Gasteiger partial charge < -0.3 is 14.1 Å². The van der Waals surface area contributed by atoms with Gasteiger partial charge in [0.2, 0.25) is 5.82 Å². The number of imidazole rings is 1. The van der Waals surface area contributed by atoms with Gasteiger partial charge in [-0.2, -0.15) is 5.21 Å². The average molecular weight is 582 g/mol. The molecule has 0 radical (unpaired) electrons. The van der Waals surface area contributed by atoms with E-state index < -0.39 is 17.2 Å². The molecule has 4 rings (SSSR count). The monoisotopic (exact) mass is 581 g/mol. The summed E-state index contributed by atoms with van der Waals surface area (Å²) in [7, 11) is 0. The van der Waals surface area contributed by atoms with E-state index in [1.807, 2.05) is 53.1 Å². The van der Waals surface area contributed by atoms with Crippen molar-refractivity contribution in [2.45, 2.75) is 71.6 Å². The van der Waals surface area contributed by atoms with E-state index in [1.54, 1.807) is 6.92 Å². The van der Waals surface area contributed by atoms with Crippen LogP contribution < -0.4 is 0 Å². The van der Waals surface area contributed by atoms with Crippen molar-refractivity contribution in [3.8, 4) is 22.5 Å². The molecule has 0 aliphatic heterocycles. The van der Waals surface area contributed by atoms with Crippen LogP contribution in [0.3, 0.4) is 0 Å². The van der Waals surface area contributed by atoms with E-state index >= 15 is 0 Å². The Kier molecular flexibility index (Phi) is 10.4. The van der Waals surface area contributed by atoms with Crippen LogP contribution in [0.4, 0.5) is 0 Å². The Labute approximate surface area is 242 Å². The number of carbonyl (C=O) groups excluding carboxylic acids is 1. The van der Waals surface area contributed by atoms with E-state index in [1.165, 1.54) is 0 Å². The number of nitrogens with one attached hydrogen (secondary N) is 1. The maximum absolute atomic E-state index is 12.4. The van der Waals surface area contributed by atoms with Crippen molar-refractivity contribution < 1.29 is 19.5 Å². The highest BCUT2D eigenvalue weighted by molar-refractivity contribution is 6.30. The average Bonchev–Trinajstić information content (AvgIpc) is 3.59. The van der Waals surface area contributed by atoms with Crippen LogP contribution in [-0.4, -0.2) is 47.3 Å². The summed E-state index contributed by atoms with van der Waals surface area (Å²) in [6, 6.07) is 16.0. The van der Waals surface area contributed by atoms with Crippen LogP contribution in [0, 0.1) is 10.1 Å². The number of halogens is 1. The van der Waals surface area contributed by atoms with Gasteiger partial charge in [0.1, 0.15) is 18.5 Å². The Hall–Kier alpha value is -4.32. The Morgan fingerprint density at radius 3 is 2.59 bits per heavy atom. The molecule has 0 bridgehead atoms. The van der Waals surface area contributed by atoms with Gasteiger partial charge in [0.05, 0.1) is 5.69 Å². The molecule has 41 heavy (non-hydrogen) atoms. The van der Waals surface area contributed by atoms with E-state index in [0.29, 0.717) is 36.1 Å². The Balaban J connectivity index is 1.46. The third-order valence-corrected chi connectivity index (χ3v) is 6.91. The van der Waals surface area contributed by atoms with Crippen LogP contribution >= 0.6 is 11.6 Å². The molecule has 2 heterocycles. The van der Waals surface area contributed by atoms with Gasteiger partial charge >= 0.3 is 5.97 Å². The molecule has 0 aliphatic carbocycles. The summed E-state index contributed by atoms with van der Waals surface area (Å²) in [4.78, 5) is 31.9. The van der Waals surface area contributed by atoms with E-state index in [-0.39, 0.29) is 13.0 Å². The fourth-order valence-corrected chi connectivity index (χ4v) is 4.74. The lowest BCUT2D eigenvalue weighted by Crippen LogP contribution is -2.15. The maximum Gasteiger partial charge on any atom is 0.306 e. The molecule has 1 atom stereocenters. The highest BCUT2D eigenvalue weighted by atomic mass is 35.5. The number of aryl methyl sites for hydroxylation is 1. The van der Waals surface area contributed by atoms with Crippen molar-refractivity contribution in [3.05, 3.63) is 80.9 Å². The van der Waals surface area contributed by atoms with Crippen molar-refractivity contribution in [2.24, 2.45) is 0 Å². The van der Waals surface area contributed by atoms with Crippen LogP contribution in [0.1, 0.15) is 63.0 Å². The van der Waals surface area contributed by atoms with Crippen molar-refractivity contribution in [1.29, 1.82) is 0 Å². The number of tetrazole rings is 1. The molecule has 1 N–H and O–H groups in total. The van der Waals surface area contributed by atoms with Gasteiger partial charge in [0, 0.05) is 24.9 Å². The molecule has 216 valence electrons. The topological polar surface area (TPSA) is 151 Å². The first kappa shape index (κ1) is 29.7. The van der Waals surface area contributed by atoms with Gasteiger partial charge in [-0.15, -0.1) is 20.3 Å². The second kappa shape index (κ2) is 14.4. The molecule has 4 aromatic rings. The van der Waals surface area contributed by atoms with Crippen molar-refractivity contribution >= 4 is 17.6 Å². The van der Waals surface area contributed by atoms with Gasteiger partial charge in [0.15, 0.2) is 5.15 Å². The smallest absolute Gasteiger partial charge is 0.306 e. The fourth-order valence-electron chi connectivity index (χ4n) is 4.49. The normalized spacial score (nSPS) is 11.8. The molecule has 12 nitrogen and oxygen atoms in total. The molecule has 0 aliphatic rings. The van der Waals surface area contributed by atoms with Crippen LogP contribution in [0.15, 0.2) is 48.5 Å². The number of esters is 1. The number of nitrogens with zero attached hydrogens (tertiary/aromatic N) is 6. The minimum absolute atomic E-state index is 0.0199. The highest BCUT2D eigenvalue weighted by Crippen LogP contribution is 2.30. The first-order valence-electron chi connectivity index (χ1n) is 13.5. The number of aromatic amines is 1. The molecule has 2 aromatic heterocycles. The molecule has 0 amide bonds. The number of rotatable bonds is 15. The predicted octanol–water partition coefficient (Wildman–Crippen LogP) is 5.58. The summed E-state index contributed by atoms with van der Waals surface area (Å²) < 4.78 is 7.53. The number of hydrogen-bond acceptors (Lipinski definition) is 9. The summed E-state index contributed by atoms with van der Waals surface area (Å²) in [5.74, 6) is 0.943. The van der Waals surface area contributed by atoms with Crippen molar-refractivity contribution in [1.82, 2.24) is 30.2 Å². The van der Waals surface area contributed by atoms with Gasteiger partial charge in [-0.3, -0.25) is 4.79 Å². The summed E-state index contributed by atoms with van der Waals surface area (Å²) in [6.07, 6.45) is 3.00. The van der Waals surface area contributed by atoms with Crippen LogP contribution in [-0.2, 0) is 33.9 Å². The summed E-state index contributed by atoms with van der Waals surface area (Å²) in [5, 5.41) is 24.3.